The van der Waals surface area contributed by atoms with Crippen LogP contribution in [0.3, 0.4) is 0 Å². The second-order valence-corrected chi connectivity index (χ2v) is 5.00. The minimum Gasteiger partial charge on any atom is -0.456 e. The third-order valence-corrected chi connectivity index (χ3v) is 3.51. The molecular weight excluding hydrogens is 240 g/mol. The molecular formula is C11H16F4O2. The van der Waals surface area contributed by atoms with Gasteiger partial charge in [-0.3, -0.25) is 4.79 Å². The first kappa shape index (κ1) is 14.3. The highest BCUT2D eigenvalue weighted by molar-refractivity contribution is 5.83. The van der Waals surface area contributed by atoms with Gasteiger partial charge in [0, 0.05) is 5.41 Å². The monoisotopic (exact) mass is 256 g/mol. The molecule has 2 nitrogen and oxygen atoms in total. The molecule has 0 bridgehead atoms. The zero-order valence-electron chi connectivity index (χ0n) is 10.0. The molecule has 0 N–H and O–H groups in total. The van der Waals surface area contributed by atoms with Crippen molar-refractivity contribution in [1.82, 2.24) is 0 Å². The average Bonchev–Trinajstić information content (AvgIpc) is 2.60. The summed E-state index contributed by atoms with van der Waals surface area (Å²) in [4.78, 5) is 11.6. The SMILES string of the molecule is CCCC1(C(=O)OCC(F)(F)F)[C@@H](F)C1(C)C. The molecule has 1 aliphatic carbocycles. The predicted molar refractivity (Wildman–Crippen MR) is 53.0 cm³/mol. The van der Waals surface area contributed by atoms with E-state index in [0.29, 0.717) is 6.42 Å². The molecule has 0 heterocycles. The van der Waals surface area contributed by atoms with E-state index in [4.69, 9.17) is 0 Å². The Morgan fingerprint density at radius 2 is 1.82 bits per heavy atom. The standard InChI is InChI=1S/C11H16F4O2/c1-4-5-10(7(12)9(10,2)3)8(16)17-6-11(13,14)15/h7H,4-6H2,1-3H3/t7-,10?/m0/s1. The molecule has 1 unspecified atom stereocenters. The first-order chi connectivity index (χ1) is 7.59. The van der Waals surface area contributed by atoms with E-state index in [-0.39, 0.29) is 6.42 Å². The number of alkyl halides is 4. The van der Waals surface area contributed by atoms with Crippen LogP contribution in [0.5, 0.6) is 0 Å². The Kier molecular flexibility index (Phi) is 3.47. The Balaban J connectivity index is 2.72. The van der Waals surface area contributed by atoms with Gasteiger partial charge in [-0.15, -0.1) is 0 Å². The number of carbonyl (C=O) groups is 1. The van der Waals surface area contributed by atoms with Crippen molar-refractivity contribution in [2.24, 2.45) is 10.8 Å². The molecule has 0 radical (unpaired) electrons. The summed E-state index contributed by atoms with van der Waals surface area (Å²) in [6.45, 7) is 3.16. The molecule has 0 aromatic heterocycles. The minimum atomic E-state index is -4.58. The van der Waals surface area contributed by atoms with Crippen molar-refractivity contribution in [2.45, 2.75) is 46.0 Å². The minimum absolute atomic E-state index is 0.206. The van der Waals surface area contributed by atoms with Crippen molar-refractivity contribution in [3.05, 3.63) is 0 Å². The highest BCUT2D eigenvalue weighted by atomic mass is 19.4. The molecule has 2 atom stereocenters. The normalized spacial score (nSPS) is 31.1. The molecule has 0 aliphatic heterocycles. The predicted octanol–water partition coefficient (Wildman–Crippen LogP) is 3.26. The van der Waals surface area contributed by atoms with Crippen molar-refractivity contribution >= 4 is 5.97 Å². The fourth-order valence-corrected chi connectivity index (χ4v) is 2.37. The van der Waals surface area contributed by atoms with Crippen molar-refractivity contribution in [3.8, 4) is 0 Å². The van der Waals surface area contributed by atoms with Crippen LogP contribution in [0.1, 0.15) is 33.6 Å². The summed E-state index contributed by atoms with van der Waals surface area (Å²) in [6.07, 6.45) is -5.29. The van der Waals surface area contributed by atoms with Crippen LogP contribution in [-0.4, -0.2) is 24.9 Å². The lowest BCUT2D eigenvalue weighted by Gasteiger charge is -2.17. The number of rotatable bonds is 4. The third-order valence-electron chi connectivity index (χ3n) is 3.51. The Morgan fingerprint density at radius 3 is 2.12 bits per heavy atom. The molecule has 0 spiro atoms. The van der Waals surface area contributed by atoms with Crippen LogP contribution >= 0.6 is 0 Å². The van der Waals surface area contributed by atoms with Gasteiger partial charge in [-0.25, -0.2) is 4.39 Å². The third kappa shape index (κ3) is 2.26. The molecule has 0 saturated heterocycles. The summed E-state index contributed by atoms with van der Waals surface area (Å²) in [5.41, 5.74) is -2.33. The maximum atomic E-state index is 13.7. The maximum absolute atomic E-state index is 13.7. The molecule has 1 fully saturated rings. The molecule has 1 aliphatic rings. The Morgan fingerprint density at radius 1 is 1.35 bits per heavy atom. The topological polar surface area (TPSA) is 26.3 Å². The zero-order valence-corrected chi connectivity index (χ0v) is 10.0. The second-order valence-electron chi connectivity index (χ2n) is 5.00. The fourth-order valence-electron chi connectivity index (χ4n) is 2.37. The Labute approximate surface area is 97.3 Å². The van der Waals surface area contributed by atoms with Crippen LogP contribution in [0.2, 0.25) is 0 Å². The largest absolute Gasteiger partial charge is 0.456 e. The van der Waals surface area contributed by atoms with E-state index in [0.717, 1.165) is 0 Å². The molecule has 0 aromatic carbocycles. The van der Waals surface area contributed by atoms with Gasteiger partial charge in [-0.2, -0.15) is 13.2 Å². The van der Waals surface area contributed by atoms with Gasteiger partial charge in [-0.1, -0.05) is 27.2 Å². The van der Waals surface area contributed by atoms with E-state index < -0.39 is 35.8 Å². The molecule has 1 saturated carbocycles. The lowest BCUT2D eigenvalue weighted by molar-refractivity contribution is -0.191. The molecule has 6 heteroatoms. The summed E-state index contributed by atoms with van der Waals surface area (Å²) in [7, 11) is 0. The summed E-state index contributed by atoms with van der Waals surface area (Å²) in [5, 5.41) is 0. The van der Waals surface area contributed by atoms with Crippen LogP contribution < -0.4 is 0 Å². The Bertz CT molecular complexity index is 311. The van der Waals surface area contributed by atoms with Crippen LogP contribution in [0.15, 0.2) is 0 Å². The number of hydrogen-bond donors (Lipinski definition) is 0. The molecule has 100 valence electrons. The van der Waals surface area contributed by atoms with E-state index in [9.17, 15) is 22.4 Å². The van der Waals surface area contributed by atoms with Crippen LogP contribution in [0.4, 0.5) is 17.6 Å². The van der Waals surface area contributed by atoms with Crippen molar-refractivity contribution in [1.29, 1.82) is 0 Å². The summed E-state index contributed by atoms with van der Waals surface area (Å²) in [5.74, 6) is -1.07. The van der Waals surface area contributed by atoms with Gasteiger partial charge in [0.1, 0.15) is 11.6 Å². The second kappa shape index (κ2) is 4.14. The summed E-state index contributed by atoms with van der Waals surface area (Å²) >= 11 is 0. The highest BCUT2D eigenvalue weighted by Crippen LogP contribution is 2.68. The van der Waals surface area contributed by atoms with Gasteiger partial charge in [0.2, 0.25) is 0 Å². The lowest BCUT2D eigenvalue weighted by Crippen LogP contribution is -2.29. The number of hydrogen-bond acceptors (Lipinski definition) is 2. The van der Waals surface area contributed by atoms with Crippen LogP contribution in [-0.2, 0) is 9.53 Å². The number of ether oxygens (including phenoxy) is 1. The van der Waals surface area contributed by atoms with E-state index >= 15 is 0 Å². The smallest absolute Gasteiger partial charge is 0.422 e. The zero-order chi connectivity index (χ0) is 13.5. The van der Waals surface area contributed by atoms with E-state index in [1.165, 1.54) is 13.8 Å². The van der Waals surface area contributed by atoms with Gasteiger partial charge in [-0.05, 0) is 6.42 Å². The molecule has 1 rings (SSSR count). The quantitative estimate of drug-likeness (QED) is 0.570. The fraction of sp³-hybridized carbons (Fsp3) is 0.909. The summed E-state index contributed by atoms with van der Waals surface area (Å²) < 4.78 is 53.7. The van der Waals surface area contributed by atoms with Gasteiger partial charge in [0.05, 0.1) is 0 Å². The summed E-state index contributed by atoms with van der Waals surface area (Å²) in [6, 6.07) is 0. The van der Waals surface area contributed by atoms with Crippen molar-refractivity contribution in [3.63, 3.8) is 0 Å². The van der Waals surface area contributed by atoms with Gasteiger partial charge in [0.25, 0.3) is 0 Å². The Hall–Kier alpha value is -0.810. The molecule has 17 heavy (non-hydrogen) atoms. The van der Waals surface area contributed by atoms with E-state index in [1.54, 1.807) is 6.92 Å². The molecule has 0 amide bonds. The van der Waals surface area contributed by atoms with E-state index in [1.807, 2.05) is 0 Å². The van der Waals surface area contributed by atoms with Crippen molar-refractivity contribution < 1.29 is 27.1 Å². The van der Waals surface area contributed by atoms with Crippen molar-refractivity contribution in [2.75, 3.05) is 6.61 Å². The van der Waals surface area contributed by atoms with Gasteiger partial charge in [0.15, 0.2) is 6.61 Å². The van der Waals surface area contributed by atoms with E-state index in [2.05, 4.69) is 4.74 Å². The first-order valence-corrected chi connectivity index (χ1v) is 5.47. The maximum Gasteiger partial charge on any atom is 0.422 e. The first-order valence-electron chi connectivity index (χ1n) is 5.47. The highest BCUT2D eigenvalue weighted by Gasteiger charge is 2.77. The molecule has 0 aromatic rings. The number of carbonyl (C=O) groups excluding carboxylic acids is 1. The average molecular weight is 256 g/mol. The van der Waals surface area contributed by atoms with Crippen LogP contribution in [0, 0.1) is 10.8 Å². The lowest BCUT2D eigenvalue weighted by atomic mass is 9.91. The van der Waals surface area contributed by atoms with Crippen LogP contribution in [0.25, 0.3) is 0 Å². The number of esters is 1. The van der Waals surface area contributed by atoms with Gasteiger partial charge >= 0.3 is 12.1 Å². The van der Waals surface area contributed by atoms with Gasteiger partial charge < -0.3 is 4.74 Å². The number of halogens is 4.